The minimum atomic E-state index is -10.2. The van der Waals surface area contributed by atoms with Crippen LogP contribution in [0.25, 0.3) is 0 Å². The normalized spacial score (nSPS) is 23.9. The fraction of sp³-hybridized carbons (Fsp3) is 0.548. The Morgan fingerprint density at radius 2 is 1.65 bits per heavy atom. The summed E-state index contributed by atoms with van der Waals surface area (Å²) in [7, 11) is -10.2. The van der Waals surface area contributed by atoms with Crippen molar-refractivity contribution in [1.29, 1.82) is 0 Å². The summed E-state index contributed by atoms with van der Waals surface area (Å²) in [5.41, 5.74) is -2.64. The molecule has 1 aliphatic heterocycles. The zero-order valence-corrected chi connectivity index (χ0v) is 27.8. The van der Waals surface area contributed by atoms with E-state index in [0.29, 0.717) is 17.7 Å². The molecule has 9 nitrogen and oxygen atoms in total. The molecule has 1 aliphatic carbocycles. The Hall–Kier alpha value is -3.60. The number of carbonyl (C=O) groups is 3. The maximum Gasteiger partial charge on any atom is 0.411 e. The first-order valence-electron chi connectivity index (χ1n) is 15.1. The number of hydrogen-bond acceptors (Lipinski definition) is 6. The second kappa shape index (κ2) is 11.8. The molecule has 2 aromatic rings. The van der Waals surface area contributed by atoms with Crippen LogP contribution in [0.5, 0.6) is 0 Å². The second-order valence-electron chi connectivity index (χ2n) is 13.8. The molecule has 4 rings (SSSR count). The summed E-state index contributed by atoms with van der Waals surface area (Å²) in [4.78, 5) is 45.5. The zero-order valence-electron chi connectivity index (χ0n) is 27.0. The Morgan fingerprint density at radius 1 is 1.06 bits per heavy atom. The van der Waals surface area contributed by atoms with E-state index in [1.807, 2.05) is 0 Å². The molecule has 17 heteroatoms. The Balaban J connectivity index is 1.87. The average Bonchev–Trinajstić information content (AvgIpc) is 3.26. The van der Waals surface area contributed by atoms with Crippen LogP contribution in [0.4, 0.5) is 38.7 Å². The Morgan fingerprint density at radius 3 is 2.17 bits per heavy atom. The number of aliphatic hydroxyl groups is 1. The van der Waals surface area contributed by atoms with Crippen molar-refractivity contribution in [3.8, 4) is 0 Å². The van der Waals surface area contributed by atoms with E-state index in [2.05, 4.69) is 10.3 Å². The van der Waals surface area contributed by atoms with Crippen molar-refractivity contribution in [2.45, 2.75) is 107 Å². The van der Waals surface area contributed by atoms with E-state index >= 15 is 0 Å². The number of nitrogens with zero attached hydrogens (tertiary/aromatic N) is 3. The summed E-state index contributed by atoms with van der Waals surface area (Å²) < 4.78 is 102. The van der Waals surface area contributed by atoms with Crippen molar-refractivity contribution in [1.82, 2.24) is 15.2 Å². The third kappa shape index (κ3) is 8.89. The van der Waals surface area contributed by atoms with Gasteiger partial charge in [0.2, 0.25) is 11.8 Å². The van der Waals surface area contributed by atoms with Gasteiger partial charge in [-0.2, -0.15) is 0 Å². The molecule has 48 heavy (non-hydrogen) atoms. The predicted octanol–water partition coefficient (Wildman–Crippen LogP) is 7.58. The number of ether oxygens (including phenoxy) is 1. The highest BCUT2D eigenvalue weighted by atomic mass is 32.5. The lowest BCUT2D eigenvalue weighted by Gasteiger charge is -2.41. The summed E-state index contributed by atoms with van der Waals surface area (Å²) in [5.74, 6) is -4.91. The molecule has 3 amide bonds. The lowest BCUT2D eigenvalue weighted by Crippen LogP contribution is -2.54. The van der Waals surface area contributed by atoms with Crippen molar-refractivity contribution in [3.63, 3.8) is 0 Å². The van der Waals surface area contributed by atoms with Crippen LogP contribution in [0.1, 0.15) is 77.0 Å². The number of hydrogen-bond donors (Lipinski definition) is 2. The molecule has 1 unspecified atom stereocenters. The molecule has 268 valence electrons. The molecule has 2 heterocycles. The van der Waals surface area contributed by atoms with Gasteiger partial charge in [-0.3, -0.25) is 24.4 Å². The molecule has 0 spiro atoms. The van der Waals surface area contributed by atoms with Gasteiger partial charge in [-0.05, 0) is 83.4 Å². The number of carbonyl (C=O) groups excluding carboxylic acids is 3. The first-order valence-corrected chi connectivity index (χ1v) is 17.1. The van der Waals surface area contributed by atoms with Crippen molar-refractivity contribution in [2.75, 3.05) is 11.4 Å². The SMILES string of the molecule is Cc1ccncc1C(C(=O)NC1CCC(F)(F)CC1)N(C(=O)[C@H]1C[C@@](C)(O)CN1C(=O)OC(C)(C)C)c1ccc(S(F)(F)(F)(F)F)cc1. The topological polar surface area (TPSA) is 112 Å². The Kier molecular flexibility index (Phi) is 9.13. The summed E-state index contributed by atoms with van der Waals surface area (Å²) in [6, 6.07) is -1.16. The number of amides is 3. The molecular formula is C31H39F7N4O5S. The number of alkyl halides is 2. The first kappa shape index (κ1) is 37.2. The van der Waals surface area contributed by atoms with E-state index in [0.717, 1.165) is 9.80 Å². The van der Waals surface area contributed by atoms with Gasteiger partial charge >= 0.3 is 16.3 Å². The number of pyridine rings is 1. The quantitative estimate of drug-likeness (QED) is 0.287. The van der Waals surface area contributed by atoms with E-state index < -0.39 is 93.4 Å². The van der Waals surface area contributed by atoms with Crippen molar-refractivity contribution < 1.29 is 52.4 Å². The molecule has 1 aromatic heterocycles. The number of halogens is 7. The average molecular weight is 713 g/mol. The summed E-state index contributed by atoms with van der Waals surface area (Å²) >= 11 is 0. The van der Waals surface area contributed by atoms with E-state index in [1.165, 1.54) is 25.4 Å². The van der Waals surface area contributed by atoms with Gasteiger partial charge in [0.1, 0.15) is 22.6 Å². The largest absolute Gasteiger partial charge is 0.444 e. The van der Waals surface area contributed by atoms with Gasteiger partial charge in [-0.25, -0.2) is 13.6 Å². The number of aryl methyl sites for hydroxylation is 1. The lowest BCUT2D eigenvalue weighted by molar-refractivity contribution is -0.129. The predicted molar refractivity (Wildman–Crippen MR) is 164 cm³/mol. The second-order valence-corrected chi connectivity index (χ2v) is 16.2. The molecule has 0 bridgehead atoms. The van der Waals surface area contributed by atoms with E-state index in [4.69, 9.17) is 4.74 Å². The Labute approximate surface area is 273 Å². The van der Waals surface area contributed by atoms with Crippen LogP contribution in [0, 0.1) is 6.92 Å². The third-order valence-corrected chi connectivity index (χ3v) is 9.34. The molecule has 1 saturated heterocycles. The third-order valence-electron chi connectivity index (χ3n) is 8.18. The number of benzene rings is 1. The lowest BCUT2D eigenvalue weighted by atomic mass is 9.91. The minimum Gasteiger partial charge on any atom is -0.444 e. The van der Waals surface area contributed by atoms with Crippen LogP contribution in [0.3, 0.4) is 0 Å². The molecule has 0 radical (unpaired) electrons. The van der Waals surface area contributed by atoms with E-state index in [1.54, 1.807) is 27.7 Å². The van der Waals surface area contributed by atoms with Crippen LogP contribution in [0.15, 0.2) is 47.6 Å². The van der Waals surface area contributed by atoms with Crippen molar-refractivity contribution in [3.05, 3.63) is 53.9 Å². The van der Waals surface area contributed by atoms with E-state index in [9.17, 15) is 47.7 Å². The summed E-state index contributed by atoms with van der Waals surface area (Å²) in [5, 5.41) is 13.6. The molecule has 2 aliphatic rings. The van der Waals surface area contributed by atoms with E-state index in [-0.39, 0.29) is 37.0 Å². The number of anilines is 1. The van der Waals surface area contributed by atoms with Crippen LogP contribution < -0.4 is 10.2 Å². The summed E-state index contributed by atoms with van der Waals surface area (Å²) in [6.07, 6.45) is -0.0344. The Bertz CT molecular complexity index is 1560. The standard InChI is InChI=1S/C31H39F7N4O5S/c1-19-12-15-39-17-23(19)25(26(43)40-20-10-13-31(32,33)14-11-20)42(21-6-8-22(9-7-21)48(34,35,36,37)38)27(44)24-16-30(5,46)18-41(24)28(45)47-29(2,3)4/h6-9,12,15,17,20,24-25,46H,10-11,13-14,16,18H2,1-5H3,(H,40,43)/t24-,25?,30-/m1/s1. The molecule has 2 fully saturated rings. The number of rotatable bonds is 7. The van der Waals surface area contributed by atoms with Crippen LogP contribution >= 0.6 is 10.2 Å². The van der Waals surface area contributed by atoms with Gasteiger partial charge in [0.15, 0.2) is 0 Å². The van der Waals surface area contributed by atoms with Crippen molar-refractivity contribution in [2.24, 2.45) is 0 Å². The number of nitrogens with one attached hydrogen (secondary N) is 1. The minimum absolute atomic E-state index is 0.0786. The maximum atomic E-state index is 14.6. The molecule has 1 saturated carbocycles. The highest BCUT2D eigenvalue weighted by molar-refractivity contribution is 8.45. The van der Waals surface area contributed by atoms with Crippen LogP contribution in [0.2, 0.25) is 0 Å². The van der Waals surface area contributed by atoms with Gasteiger partial charge in [-0.1, -0.05) is 19.4 Å². The van der Waals surface area contributed by atoms with Gasteiger partial charge in [0, 0.05) is 48.9 Å². The first-order chi connectivity index (χ1) is 21.7. The van der Waals surface area contributed by atoms with Gasteiger partial charge in [-0.15, -0.1) is 0 Å². The summed E-state index contributed by atoms with van der Waals surface area (Å²) in [6.45, 7) is 7.21. The van der Waals surface area contributed by atoms with Gasteiger partial charge in [0.25, 0.3) is 5.91 Å². The van der Waals surface area contributed by atoms with Gasteiger partial charge < -0.3 is 15.2 Å². The molecule has 2 N–H and O–H groups in total. The molecule has 1 aromatic carbocycles. The van der Waals surface area contributed by atoms with Crippen LogP contribution in [-0.2, 0) is 14.3 Å². The number of aromatic nitrogens is 1. The smallest absolute Gasteiger partial charge is 0.411 e. The molecule has 3 atom stereocenters. The maximum absolute atomic E-state index is 14.6. The highest BCUT2D eigenvalue weighted by Crippen LogP contribution is 3.02. The van der Waals surface area contributed by atoms with Crippen molar-refractivity contribution >= 4 is 33.8 Å². The number of likely N-dealkylation sites (tertiary alicyclic amines) is 1. The monoisotopic (exact) mass is 712 g/mol. The fourth-order valence-electron chi connectivity index (χ4n) is 5.85. The number of β-amino-alcohol motifs (C(OH)–C–C–N with tert-alkyl or cyclic N) is 1. The van der Waals surface area contributed by atoms with Crippen LogP contribution in [-0.4, -0.2) is 68.7 Å². The zero-order chi connectivity index (χ0) is 36.2. The highest BCUT2D eigenvalue weighted by Gasteiger charge is 2.65. The van der Waals surface area contributed by atoms with Gasteiger partial charge in [0.05, 0.1) is 12.1 Å². The molecular weight excluding hydrogens is 673 g/mol. The fourth-order valence-corrected chi connectivity index (χ4v) is 6.50.